The summed E-state index contributed by atoms with van der Waals surface area (Å²) in [6.07, 6.45) is 4.40. The summed E-state index contributed by atoms with van der Waals surface area (Å²) in [5.74, 6) is -0.168. The molecule has 2 saturated heterocycles. The number of rotatable bonds is 5. The lowest BCUT2D eigenvalue weighted by Gasteiger charge is -2.34. The molecule has 2 aliphatic heterocycles. The highest BCUT2D eigenvalue weighted by atomic mass is 19.2. The minimum atomic E-state index is -0.945. The third-order valence-corrected chi connectivity index (χ3v) is 6.84. The molecule has 0 saturated carbocycles. The van der Waals surface area contributed by atoms with E-state index in [1.165, 1.54) is 17.5 Å². The van der Waals surface area contributed by atoms with E-state index in [1.54, 1.807) is 6.07 Å². The molecule has 4 heterocycles. The zero-order chi connectivity index (χ0) is 22.2. The van der Waals surface area contributed by atoms with E-state index >= 15 is 0 Å². The van der Waals surface area contributed by atoms with Crippen LogP contribution >= 0.6 is 0 Å². The summed E-state index contributed by atoms with van der Waals surface area (Å²) in [7, 11) is 0. The highest BCUT2D eigenvalue weighted by Crippen LogP contribution is 2.32. The quantitative estimate of drug-likeness (QED) is 0.642. The predicted molar refractivity (Wildman–Crippen MR) is 117 cm³/mol. The van der Waals surface area contributed by atoms with Gasteiger partial charge in [0.05, 0.1) is 5.69 Å². The molecule has 0 atom stereocenters. The second-order valence-electron chi connectivity index (χ2n) is 9.41. The Morgan fingerprint density at radius 1 is 1.12 bits per heavy atom. The van der Waals surface area contributed by atoms with Gasteiger partial charge < -0.3 is 14.7 Å². The van der Waals surface area contributed by atoms with Crippen LogP contribution in [-0.2, 0) is 0 Å². The van der Waals surface area contributed by atoms with Crippen LogP contribution in [0.25, 0.3) is 16.9 Å². The van der Waals surface area contributed by atoms with E-state index < -0.39 is 11.6 Å². The molecule has 0 bridgehead atoms. The highest BCUT2D eigenvalue weighted by molar-refractivity contribution is 5.84. The SMILES string of the molecule is CC(C)c1nn(-c2noc(C3CCN(CC4CCNCC4)CC3)n2)c2c(F)c(F)ccc12. The summed E-state index contributed by atoms with van der Waals surface area (Å²) in [6, 6.07) is 2.69. The monoisotopic (exact) mass is 444 g/mol. The number of benzene rings is 1. The summed E-state index contributed by atoms with van der Waals surface area (Å²) >= 11 is 0. The molecule has 2 fully saturated rings. The lowest BCUT2D eigenvalue weighted by Crippen LogP contribution is -2.39. The fourth-order valence-corrected chi connectivity index (χ4v) is 5.01. The van der Waals surface area contributed by atoms with Gasteiger partial charge in [0.15, 0.2) is 11.6 Å². The zero-order valence-electron chi connectivity index (χ0n) is 18.7. The van der Waals surface area contributed by atoms with Crippen molar-refractivity contribution < 1.29 is 13.3 Å². The van der Waals surface area contributed by atoms with Crippen molar-refractivity contribution in [2.45, 2.75) is 51.4 Å². The number of hydrogen-bond donors (Lipinski definition) is 1. The molecule has 2 aliphatic rings. The van der Waals surface area contributed by atoms with Crippen LogP contribution in [0.3, 0.4) is 0 Å². The van der Waals surface area contributed by atoms with Crippen LogP contribution in [0.4, 0.5) is 8.78 Å². The van der Waals surface area contributed by atoms with E-state index in [9.17, 15) is 8.78 Å². The summed E-state index contributed by atoms with van der Waals surface area (Å²) in [6.45, 7) is 9.35. The molecule has 0 unspecified atom stereocenters. The maximum Gasteiger partial charge on any atom is 0.291 e. The van der Waals surface area contributed by atoms with Crippen molar-refractivity contribution in [2.75, 3.05) is 32.7 Å². The number of nitrogens with zero attached hydrogens (tertiary/aromatic N) is 5. The van der Waals surface area contributed by atoms with E-state index in [4.69, 9.17) is 4.52 Å². The molecule has 1 N–H and O–H groups in total. The maximum atomic E-state index is 14.7. The Morgan fingerprint density at radius 3 is 2.59 bits per heavy atom. The number of likely N-dealkylation sites (tertiary alicyclic amines) is 1. The van der Waals surface area contributed by atoms with Crippen LogP contribution in [0.15, 0.2) is 16.7 Å². The van der Waals surface area contributed by atoms with Gasteiger partial charge in [-0.25, -0.2) is 8.78 Å². The maximum absolute atomic E-state index is 14.7. The molecule has 0 radical (unpaired) electrons. The first-order valence-electron chi connectivity index (χ1n) is 11.6. The van der Waals surface area contributed by atoms with Crippen LogP contribution in [0.2, 0.25) is 0 Å². The smallest absolute Gasteiger partial charge is 0.291 e. The summed E-state index contributed by atoms with van der Waals surface area (Å²) in [5.41, 5.74) is 0.731. The van der Waals surface area contributed by atoms with Crippen molar-refractivity contribution >= 4 is 10.9 Å². The van der Waals surface area contributed by atoms with E-state index in [0.29, 0.717) is 17.0 Å². The largest absolute Gasteiger partial charge is 0.337 e. The third-order valence-electron chi connectivity index (χ3n) is 6.84. The summed E-state index contributed by atoms with van der Waals surface area (Å²) in [4.78, 5) is 7.08. The Morgan fingerprint density at radius 2 is 1.88 bits per heavy atom. The molecule has 7 nitrogen and oxygen atoms in total. The first-order chi connectivity index (χ1) is 15.5. The first kappa shape index (κ1) is 21.5. The molecule has 2 aromatic heterocycles. The van der Waals surface area contributed by atoms with Gasteiger partial charge >= 0.3 is 0 Å². The molecule has 0 aliphatic carbocycles. The van der Waals surface area contributed by atoms with Gasteiger partial charge in [0.1, 0.15) is 5.52 Å². The molecule has 0 amide bonds. The van der Waals surface area contributed by atoms with E-state index in [2.05, 4.69) is 25.5 Å². The Bertz CT molecular complexity index is 1080. The topological polar surface area (TPSA) is 72.0 Å². The van der Waals surface area contributed by atoms with Gasteiger partial charge in [0, 0.05) is 17.8 Å². The van der Waals surface area contributed by atoms with Crippen molar-refractivity contribution in [1.29, 1.82) is 0 Å². The van der Waals surface area contributed by atoms with Gasteiger partial charge in [0.25, 0.3) is 5.95 Å². The van der Waals surface area contributed by atoms with Crippen molar-refractivity contribution in [3.63, 3.8) is 0 Å². The van der Waals surface area contributed by atoms with Crippen LogP contribution in [0, 0.1) is 17.6 Å². The van der Waals surface area contributed by atoms with Gasteiger partial charge in [-0.05, 0) is 81.0 Å². The lowest BCUT2D eigenvalue weighted by molar-refractivity contribution is 0.157. The van der Waals surface area contributed by atoms with Crippen LogP contribution < -0.4 is 5.32 Å². The van der Waals surface area contributed by atoms with Crippen molar-refractivity contribution in [2.24, 2.45) is 5.92 Å². The van der Waals surface area contributed by atoms with E-state index in [1.807, 2.05) is 13.8 Å². The van der Waals surface area contributed by atoms with Crippen molar-refractivity contribution in [3.05, 3.63) is 35.4 Å². The molecule has 9 heteroatoms. The Kier molecular flexibility index (Phi) is 5.94. The Hall–Kier alpha value is -2.39. The molecule has 1 aromatic carbocycles. The second kappa shape index (κ2) is 8.86. The lowest BCUT2D eigenvalue weighted by atomic mass is 9.93. The van der Waals surface area contributed by atoms with E-state index in [0.717, 1.165) is 57.5 Å². The van der Waals surface area contributed by atoms with Crippen LogP contribution in [0.5, 0.6) is 0 Å². The average Bonchev–Trinajstić information content (AvgIpc) is 3.43. The molecule has 5 rings (SSSR count). The third kappa shape index (κ3) is 4.03. The van der Waals surface area contributed by atoms with E-state index in [-0.39, 0.29) is 23.3 Å². The average molecular weight is 445 g/mol. The van der Waals surface area contributed by atoms with Crippen LogP contribution in [-0.4, -0.2) is 57.5 Å². The standard InChI is InChI=1S/C23H30F2N6O/c1-14(2)20-17-3-4-18(24)19(25)21(17)31(28-20)23-27-22(32-29-23)16-7-11-30(12-8-16)13-15-5-9-26-10-6-15/h3-4,14-16,26H,5-13H2,1-2H3. The molecule has 3 aromatic rings. The van der Waals surface area contributed by atoms with Gasteiger partial charge in [0.2, 0.25) is 5.89 Å². The zero-order valence-corrected chi connectivity index (χ0v) is 18.7. The highest BCUT2D eigenvalue weighted by Gasteiger charge is 2.28. The normalized spacial score (nSPS) is 19.4. The number of nitrogens with one attached hydrogen (secondary N) is 1. The summed E-state index contributed by atoms with van der Waals surface area (Å²) < 4.78 is 35.5. The second-order valence-corrected chi connectivity index (χ2v) is 9.41. The fraction of sp³-hybridized carbons (Fsp3) is 0.609. The first-order valence-corrected chi connectivity index (χ1v) is 11.6. The number of halogens is 2. The predicted octanol–water partition coefficient (Wildman–Crippen LogP) is 3.99. The van der Waals surface area contributed by atoms with Crippen molar-refractivity contribution in [3.8, 4) is 5.95 Å². The molecule has 32 heavy (non-hydrogen) atoms. The summed E-state index contributed by atoms with van der Waals surface area (Å²) in [5, 5.41) is 12.6. The number of hydrogen-bond acceptors (Lipinski definition) is 6. The van der Waals surface area contributed by atoms with Gasteiger partial charge in [-0.3, -0.25) is 0 Å². The minimum Gasteiger partial charge on any atom is -0.337 e. The molecule has 0 spiro atoms. The number of aromatic nitrogens is 4. The number of fused-ring (bicyclic) bond motifs is 1. The molecular weight excluding hydrogens is 414 g/mol. The van der Waals surface area contributed by atoms with Gasteiger partial charge in [-0.2, -0.15) is 14.8 Å². The fourth-order valence-electron chi connectivity index (χ4n) is 5.01. The Balaban J connectivity index is 1.33. The molecular formula is C23H30F2N6O. The Labute approximate surface area is 186 Å². The molecule has 172 valence electrons. The number of piperidine rings is 2. The van der Waals surface area contributed by atoms with Gasteiger partial charge in [-0.15, -0.1) is 0 Å². The van der Waals surface area contributed by atoms with Gasteiger partial charge in [-0.1, -0.05) is 13.8 Å². The van der Waals surface area contributed by atoms with Crippen molar-refractivity contribution in [1.82, 2.24) is 30.1 Å². The van der Waals surface area contributed by atoms with Crippen LogP contribution in [0.1, 0.15) is 63.0 Å². The minimum absolute atomic E-state index is 0.0410.